The van der Waals surface area contributed by atoms with Crippen LogP contribution in [-0.4, -0.2) is 28.0 Å². The van der Waals surface area contributed by atoms with Crippen molar-refractivity contribution < 1.29 is 23.5 Å². The summed E-state index contributed by atoms with van der Waals surface area (Å²) >= 11 is 0. The smallest absolute Gasteiger partial charge is 0.339 e. The first-order chi connectivity index (χ1) is 20.2. The van der Waals surface area contributed by atoms with Crippen LogP contribution in [0.1, 0.15) is 34.4 Å². The number of furan rings is 1. The zero-order valence-electron chi connectivity index (χ0n) is 23.5. The number of nitrogens with one attached hydrogen (secondary N) is 2. The molecule has 42 heavy (non-hydrogen) atoms. The molecule has 1 amide bonds. The molecule has 0 aliphatic carbocycles. The van der Waals surface area contributed by atoms with Crippen LogP contribution < -0.4 is 10.9 Å². The molecule has 212 valence electrons. The Morgan fingerprint density at radius 3 is 2.38 bits per heavy atom. The molecule has 0 bridgehead atoms. The average Bonchev–Trinajstić information content (AvgIpc) is 3.54. The quantitative estimate of drug-likeness (QED) is 0.185. The third kappa shape index (κ3) is 4.75. The molecule has 3 N–H and O–H groups in total. The maximum absolute atomic E-state index is 13.1. The van der Waals surface area contributed by atoms with E-state index in [1.165, 1.54) is 0 Å². The molecule has 8 nitrogen and oxygen atoms in total. The van der Waals surface area contributed by atoms with Gasteiger partial charge in [-0.05, 0) is 56.0 Å². The first-order valence-corrected chi connectivity index (χ1v) is 13.8. The molecular formula is C34H30N2O6. The number of benzene rings is 3. The summed E-state index contributed by atoms with van der Waals surface area (Å²) in [4.78, 5) is 41.1. The molecule has 3 heterocycles. The first kappa shape index (κ1) is 27.1. The number of hydrogen-bond donors (Lipinski definition) is 3. The summed E-state index contributed by atoms with van der Waals surface area (Å²) in [5.74, 6) is -0.809. The summed E-state index contributed by atoms with van der Waals surface area (Å²) in [7, 11) is 0. The van der Waals surface area contributed by atoms with Gasteiger partial charge in [-0.25, -0.2) is 9.59 Å². The summed E-state index contributed by atoms with van der Waals surface area (Å²) in [6, 6.07) is 18.4. The molecule has 3 aromatic carbocycles. The number of aromatic nitrogens is 1. The minimum absolute atomic E-state index is 0.0594. The van der Waals surface area contributed by atoms with Crippen molar-refractivity contribution in [1.82, 2.24) is 10.3 Å². The van der Waals surface area contributed by atoms with E-state index < -0.39 is 23.5 Å². The van der Waals surface area contributed by atoms with Gasteiger partial charge in [0.25, 0.3) is 0 Å². The van der Waals surface area contributed by atoms with Gasteiger partial charge in [0.15, 0.2) is 0 Å². The van der Waals surface area contributed by atoms with E-state index in [2.05, 4.69) is 10.3 Å². The lowest BCUT2D eigenvalue weighted by atomic mass is 9.96. The van der Waals surface area contributed by atoms with Gasteiger partial charge in [-0.2, -0.15) is 0 Å². The summed E-state index contributed by atoms with van der Waals surface area (Å²) in [6.45, 7) is 5.64. The highest BCUT2D eigenvalue weighted by molar-refractivity contribution is 6.05. The molecule has 6 rings (SSSR count). The van der Waals surface area contributed by atoms with E-state index in [9.17, 15) is 19.5 Å². The van der Waals surface area contributed by atoms with Gasteiger partial charge in [0.1, 0.15) is 23.0 Å². The predicted octanol–water partition coefficient (Wildman–Crippen LogP) is 6.36. The zero-order valence-corrected chi connectivity index (χ0v) is 23.5. The van der Waals surface area contributed by atoms with Crippen LogP contribution in [0.5, 0.6) is 0 Å². The second kappa shape index (κ2) is 10.7. The average molecular weight is 563 g/mol. The number of aryl methyl sites for hydroxylation is 3. The van der Waals surface area contributed by atoms with Crippen LogP contribution in [0.25, 0.3) is 44.0 Å². The largest absolute Gasteiger partial charge is 0.480 e. The molecule has 0 aliphatic heterocycles. The third-order valence-corrected chi connectivity index (χ3v) is 8.03. The predicted molar refractivity (Wildman–Crippen MR) is 162 cm³/mol. The number of para-hydroxylation sites is 1. The van der Waals surface area contributed by atoms with Crippen LogP contribution >= 0.6 is 0 Å². The Morgan fingerprint density at radius 2 is 1.62 bits per heavy atom. The molecule has 1 unspecified atom stereocenters. The number of carboxylic acid groups (broad SMARTS) is 1. The summed E-state index contributed by atoms with van der Waals surface area (Å²) < 4.78 is 11.9. The van der Waals surface area contributed by atoms with Gasteiger partial charge in [-0.1, -0.05) is 48.5 Å². The molecule has 0 radical (unpaired) electrons. The maximum atomic E-state index is 13.1. The number of amides is 1. The number of H-pyrrole nitrogens is 1. The lowest BCUT2D eigenvalue weighted by molar-refractivity contribution is -0.141. The van der Waals surface area contributed by atoms with Crippen LogP contribution in [0.3, 0.4) is 0 Å². The molecule has 0 aliphatic rings. The van der Waals surface area contributed by atoms with E-state index in [1.54, 1.807) is 6.20 Å². The Bertz CT molecular complexity index is 2050. The van der Waals surface area contributed by atoms with E-state index in [-0.39, 0.29) is 19.3 Å². The van der Waals surface area contributed by atoms with Gasteiger partial charge in [-0.3, -0.25) is 4.79 Å². The standard InChI is InChI=1S/C34H30N2O6/c1-18-23(13-14-29(37)36-28(33(38)39)15-22-17-35-27-12-8-7-11-24(22)27)34(40)42-31-19(2)32-26(16-25(18)31)30(20(3)41-32)21-9-5-4-6-10-21/h4-12,16-17,28,35H,13-15H2,1-3H3,(H,36,37)(H,38,39). The summed E-state index contributed by atoms with van der Waals surface area (Å²) in [5, 5.41) is 15.0. The summed E-state index contributed by atoms with van der Waals surface area (Å²) in [5.41, 5.74) is 6.17. The maximum Gasteiger partial charge on any atom is 0.339 e. The monoisotopic (exact) mass is 562 g/mol. The number of aliphatic carboxylic acids is 1. The number of hydrogen-bond acceptors (Lipinski definition) is 5. The minimum atomic E-state index is -1.13. The Hall–Kier alpha value is -5.11. The second-order valence-corrected chi connectivity index (χ2v) is 10.7. The topological polar surface area (TPSA) is 126 Å². The van der Waals surface area contributed by atoms with Gasteiger partial charge in [0.05, 0.1) is 0 Å². The van der Waals surface area contributed by atoms with Crippen molar-refractivity contribution >= 4 is 44.7 Å². The highest BCUT2D eigenvalue weighted by atomic mass is 16.4. The van der Waals surface area contributed by atoms with Crippen molar-refractivity contribution in [3.8, 4) is 11.1 Å². The van der Waals surface area contributed by atoms with Gasteiger partial charge in [-0.15, -0.1) is 0 Å². The van der Waals surface area contributed by atoms with E-state index in [0.29, 0.717) is 16.7 Å². The fraction of sp³-hybridized carbons (Fsp3) is 0.206. The van der Waals surface area contributed by atoms with E-state index in [4.69, 9.17) is 8.83 Å². The van der Waals surface area contributed by atoms with E-state index in [1.807, 2.05) is 81.4 Å². The normalized spacial score (nSPS) is 12.3. The van der Waals surface area contributed by atoms with Crippen LogP contribution in [-0.2, 0) is 22.4 Å². The molecule has 8 heteroatoms. The highest BCUT2D eigenvalue weighted by Crippen LogP contribution is 2.39. The molecular weight excluding hydrogens is 532 g/mol. The second-order valence-electron chi connectivity index (χ2n) is 10.7. The molecule has 6 aromatic rings. The van der Waals surface area contributed by atoms with Crippen molar-refractivity contribution in [2.75, 3.05) is 0 Å². The number of carboxylic acids is 1. The fourth-order valence-electron chi connectivity index (χ4n) is 5.85. The number of fused-ring (bicyclic) bond motifs is 3. The van der Waals surface area contributed by atoms with Gasteiger partial charge in [0, 0.05) is 57.4 Å². The lowest BCUT2D eigenvalue weighted by Gasteiger charge is -2.15. The van der Waals surface area contributed by atoms with Gasteiger partial charge < -0.3 is 24.2 Å². The van der Waals surface area contributed by atoms with Crippen molar-refractivity contribution in [2.45, 2.75) is 46.1 Å². The van der Waals surface area contributed by atoms with Crippen molar-refractivity contribution in [3.05, 3.63) is 105 Å². The van der Waals surface area contributed by atoms with Crippen LogP contribution in [0.2, 0.25) is 0 Å². The number of rotatable bonds is 8. The minimum Gasteiger partial charge on any atom is -0.480 e. The Kier molecular flexibility index (Phi) is 6.90. The molecule has 1 atom stereocenters. The first-order valence-electron chi connectivity index (χ1n) is 13.8. The van der Waals surface area contributed by atoms with Gasteiger partial charge >= 0.3 is 11.6 Å². The highest BCUT2D eigenvalue weighted by Gasteiger charge is 2.24. The third-order valence-electron chi connectivity index (χ3n) is 8.03. The Balaban J connectivity index is 1.27. The number of aromatic amines is 1. The van der Waals surface area contributed by atoms with Crippen LogP contribution in [0, 0.1) is 20.8 Å². The Labute approximate surface area is 241 Å². The molecule has 0 fully saturated rings. The summed E-state index contributed by atoms with van der Waals surface area (Å²) in [6.07, 6.45) is 1.95. The number of carbonyl (C=O) groups is 2. The number of carbonyl (C=O) groups excluding carboxylic acids is 1. The molecule has 0 saturated heterocycles. The van der Waals surface area contributed by atoms with E-state index in [0.717, 1.165) is 55.3 Å². The van der Waals surface area contributed by atoms with Gasteiger partial charge in [0.2, 0.25) is 5.91 Å². The zero-order chi connectivity index (χ0) is 29.5. The van der Waals surface area contributed by atoms with E-state index >= 15 is 0 Å². The van der Waals surface area contributed by atoms with Crippen LogP contribution in [0.15, 0.2) is 80.5 Å². The van der Waals surface area contributed by atoms with Crippen molar-refractivity contribution in [1.29, 1.82) is 0 Å². The fourth-order valence-corrected chi connectivity index (χ4v) is 5.85. The van der Waals surface area contributed by atoms with Crippen LogP contribution in [0.4, 0.5) is 0 Å². The molecule has 0 spiro atoms. The van der Waals surface area contributed by atoms with Crippen molar-refractivity contribution in [2.24, 2.45) is 0 Å². The molecule has 3 aromatic heterocycles. The molecule has 0 saturated carbocycles. The SMILES string of the molecule is Cc1oc2c(C)c3oc(=O)c(CCC(=O)NC(Cc4c[nH]c5ccccc45)C(=O)O)c(C)c3cc2c1-c1ccccc1. The lowest BCUT2D eigenvalue weighted by Crippen LogP contribution is -2.42. The van der Waals surface area contributed by atoms with Crippen molar-refractivity contribution in [3.63, 3.8) is 0 Å². The Morgan fingerprint density at radius 1 is 0.905 bits per heavy atom.